The number of hydrogen-bond acceptors (Lipinski definition) is 6. The van der Waals surface area contributed by atoms with Gasteiger partial charge in [0.15, 0.2) is 0 Å². The second kappa shape index (κ2) is 8.55. The summed E-state index contributed by atoms with van der Waals surface area (Å²) in [7, 11) is -4.36. The summed E-state index contributed by atoms with van der Waals surface area (Å²) in [5.74, 6) is 0.190. The van der Waals surface area contributed by atoms with E-state index in [-0.39, 0.29) is 12.4 Å². The Morgan fingerprint density at radius 3 is 2.45 bits per heavy atom. The zero-order valence-electron chi connectivity index (χ0n) is 11.3. The van der Waals surface area contributed by atoms with E-state index in [1.54, 1.807) is 18.2 Å². The summed E-state index contributed by atoms with van der Waals surface area (Å²) in [5.41, 5.74) is 0. The highest BCUT2D eigenvalue weighted by molar-refractivity contribution is 7.82. The molecule has 0 saturated heterocycles. The molecule has 20 heavy (non-hydrogen) atoms. The molecule has 0 amide bonds. The molecular formula is C13H18O6S. The normalized spacial score (nSPS) is 11.1. The van der Waals surface area contributed by atoms with Crippen LogP contribution in [0.25, 0.3) is 0 Å². The number of carbonyl (C=O) groups excluding carboxylic acids is 1. The molecule has 0 spiro atoms. The first-order valence-electron chi connectivity index (χ1n) is 6.39. The van der Waals surface area contributed by atoms with Crippen molar-refractivity contribution in [2.45, 2.75) is 32.6 Å². The van der Waals surface area contributed by atoms with E-state index < -0.39 is 16.6 Å². The summed E-state index contributed by atoms with van der Waals surface area (Å²) in [6, 6.07) is 8.01. The fourth-order valence-corrected chi connectivity index (χ4v) is 1.97. The topological polar surface area (TPSA) is 78.9 Å². The van der Waals surface area contributed by atoms with E-state index in [9.17, 15) is 13.2 Å². The van der Waals surface area contributed by atoms with E-state index in [4.69, 9.17) is 0 Å². The van der Waals surface area contributed by atoms with Gasteiger partial charge in [0.25, 0.3) is 0 Å². The average Bonchev–Trinajstić information content (AvgIpc) is 2.38. The van der Waals surface area contributed by atoms with Crippen molar-refractivity contribution < 1.29 is 26.3 Å². The minimum absolute atomic E-state index is 0.0129. The molecule has 0 aliphatic rings. The zero-order valence-corrected chi connectivity index (χ0v) is 12.1. The molecule has 0 unspecified atom stereocenters. The predicted molar refractivity (Wildman–Crippen MR) is 72.6 cm³/mol. The Bertz CT molecular complexity index is 497. The van der Waals surface area contributed by atoms with Gasteiger partial charge >= 0.3 is 16.6 Å². The van der Waals surface area contributed by atoms with Gasteiger partial charge in [-0.05, 0) is 18.6 Å². The molecule has 0 aliphatic heterocycles. The quantitative estimate of drug-likeness (QED) is 0.417. The van der Waals surface area contributed by atoms with Crippen LogP contribution in [0.1, 0.15) is 32.6 Å². The van der Waals surface area contributed by atoms with Gasteiger partial charge in [-0.3, -0.25) is 4.18 Å². The van der Waals surface area contributed by atoms with E-state index in [0.717, 1.165) is 19.3 Å². The maximum Gasteiger partial charge on any atom is 0.531 e. The third kappa shape index (κ3) is 7.10. The Kier molecular flexibility index (Phi) is 7.03. The van der Waals surface area contributed by atoms with Gasteiger partial charge in [0, 0.05) is 0 Å². The molecular weight excluding hydrogens is 284 g/mol. The molecule has 112 valence electrons. The van der Waals surface area contributed by atoms with Crippen molar-refractivity contribution in [2.75, 3.05) is 6.61 Å². The van der Waals surface area contributed by atoms with E-state index >= 15 is 0 Å². The molecule has 1 aromatic rings. The second-order valence-electron chi connectivity index (χ2n) is 4.04. The van der Waals surface area contributed by atoms with Gasteiger partial charge in [-0.15, -0.1) is 0 Å². The first-order chi connectivity index (χ1) is 9.53. The van der Waals surface area contributed by atoms with Crippen LogP contribution in [0.4, 0.5) is 4.79 Å². The van der Waals surface area contributed by atoms with Crippen LogP contribution in [-0.4, -0.2) is 21.2 Å². The lowest BCUT2D eigenvalue weighted by Gasteiger charge is -2.06. The Morgan fingerprint density at radius 1 is 1.10 bits per heavy atom. The third-order valence-corrected chi connectivity index (χ3v) is 3.14. The SMILES string of the molecule is CCCCCCOS(=O)(=O)OC(=O)Oc1ccccc1. The van der Waals surface area contributed by atoms with Gasteiger partial charge in [0.05, 0.1) is 6.61 Å². The van der Waals surface area contributed by atoms with Gasteiger partial charge in [0.1, 0.15) is 5.75 Å². The van der Waals surface area contributed by atoms with Crippen molar-refractivity contribution in [1.82, 2.24) is 0 Å². The molecule has 1 rings (SSSR count). The minimum atomic E-state index is -4.36. The molecule has 0 fully saturated rings. The molecule has 0 aliphatic carbocycles. The number of benzene rings is 1. The highest BCUT2D eigenvalue weighted by atomic mass is 32.3. The van der Waals surface area contributed by atoms with E-state index in [1.165, 1.54) is 12.1 Å². The maximum atomic E-state index is 11.3. The molecule has 1 aromatic carbocycles. The summed E-state index contributed by atoms with van der Waals surface area (Å²) in [6.07, 6.45) is 2.14. The summed E-state index contributed by atoms with van der Waals surface area (Å²) in [5, 5.41) is 0. The molecule has 0 saturated carbocycles. The van der Waals surface area contributed by atoms with Gasteiger partial charge < -0.3 is 4.74 Å². The minimum Gasteiger partial charge on any atom is -0.394 e. The van der Waals surface area contributed by atoms with Crippen LogP contribution >= 0.6 is 0 Å². The molecule has 0 N–H and O–H groups in total. The Hall–Kier alpha value is -1.60. The first kappa shape index (κ1) is 16.5. The third-order valence-electron chi connectivity index (χ3n) is 2.34. The summed E-state index contributed by atoms with van der Waals surface area (Å²) in [4.78, 5) is 11.3. The summed E-state index contributed by atoms with van der Waals surface area (Å²) >= 11 is 0. The largest absolute Gasteiger partial charge is 0.531 e. The van der Waals surface area contributed by atoms with Crippen molar-refractivity contribution >= 4 is 16.6 Å². The molecule has 6 nitrogen and oxygen atoms in total. The number of ether oxygens (including phenoxy) is 1. The molecule has 7 heteroatoms. The monoisotopic (exact) mass is 302 g/mol. The fourth-order valence-electron chi connectivity index (χ4n) is 1.40. The van der Waals surface area contributed by atoms with Crippen LogP contribution in [0, 0.1) is 0 Å². The molecule has 0 aromatic heterocycles. The van der Waals surface area contributed by atoms with Crippen molar-refractivity contribution in [3.8, 4) is 5.75 Å². The Morgan fingerprint density at radius 2 is 1.80 bits per heavy atom. The van der Waals surface area contributed by atoms with E-state index in [1.807, 2.05) is 6.92 Å². The van der Waals surface area contributed by atoms with Crippen LogP contribution in [0.15, 0.2) is 30.3 Å². The fraction of sp³-hybridized carbons (Fsp3) is 0.462. The number of rotatable bonds is 8. The molecule has 0 bridgehead atoms. The molecule has 0 radical (unpaired) electrons. The van der Waals surface area contributed by atoms with Crippen molar-refractivity contribution in [3.05, 3.63) is 30.3 Å². The van der Waals surface area contributed by atoms with Crippen LogP contribution < -0.4 is 4.74 Å². The number of unbranched alkanes of at least 4 members (excludes halogenated alkanes) is 3. The van der Waals surface area contributed by atoms with Crippen molar-refractivity contribution in [1.29, 1.82) is 0 Å². The molecule has 0 atom stereocenters. The van der Waals surface area contributed by atoms with Crippen LogP contribution in [0.3, 0.4) is 0 Å². The highest BCUT2D eigenvalue weighted by Gasteiger charge is 2.19. The van der Waals surface area contributed by atoms with Crippen LogP contribution in [0.2, 0.25) is 0 Å². The Labute approximate surface area is 119 Å². The first-order valence-corrected chi connectivity index (χ1v) is 7.72. The van der Waals surface area contributed by atoms with Gasteiger partial charge in [-0.2, -0.15) is 8.42 Å². The van der Waals surface area contributed by atoms with Crippen molar-refractivity contribution in [2.24, 2.45) is 0 Å². The lowest BCUT2D eigenvalue weighted by atomic mass is 10.2. The number of hydrogen-bond donors (Lipinski definition) is 0. The van der Waals surface area contributed by atoms with E-state index in [0.29, 0.717) is 6.42 Å². The predicted octanol–water partition coefficient (Wildman–Crippen LogP) is 3.04. The number of carbonyl (C=O) groups is 1. The van der Waals surface area contributed by atoms with Crippen LogP contribution in [-0.2, 0) is 18.8 Å². The van der Waals surface area contributed by atoms with Gasteiger partial charge in [0.2, 0.25) is 0 Å². The lowest BCUT2D eigenvalue weighted by molar-refractivity contribution is 0.141. The smallest absolute Gasteiger partial charge is 0.394 e. The summed E-state index contributed by atoms with van der Waals surface area (Å²) < 4.78 is 36.0. The summed E-state index contributed by atoms with van der Waals surface area (Å²) in [6.45, 7) is 2.03. The van der Waals surface area contributed by atoms with Gasteiger partial charge in [-0.25, -0.2) is 8.98 Å². The average molecular weight is 302 g/mol. The second-order valence-corrected chi connectivity index (χ2v) is 5.26. The number of para-hydroxylation sites is 1. The zero-order chi connectivity index (χ0) is 14.8. The highest BCUT2D eigenvalue weighted by Crippen LogP contribution is 2.10. The standard InChI is InChI=1S/C13H18O6S/c1-2-3-4-8-11-17-20(15,16)19-13(14)18-12-9-6-5-7-10-12/h5-7,9-10H,2-4,8,11H2,1H3. The van der Waals surface area contributed by atoms with Crippen molar-refractivity contribution in [3.63, 3.8) is 0 Å². The van der Waals surface area contributed by atoms with E-state index in [2.05, 4.69) is 13.1 Å². The molecule has 0 heterocycles. The Balaban J connectivity index is 2.32. The lowest BCUT2D eigenvalue weighted by Crippen LogP contribution is -2.19. The van der Waals surface area contributed by atoms with Gasteiger partial charge in [-0.1, -0.05) is 44.4 Å². The maximum absolute atomic E-state index is 11.3. The van der Waals surface area contributed by atoms with Crippen LogP contribution in [0.5, 0.6) is 5.75 Å².